The normalized spacial score (nSPS) is 10.9. The summed E-state index contributed by atoms with van der Waals surface area (Å²) in [7, 11) is 0. The lowest BCUT2D eigenvalue weighted by Gasteiger charge is -2.16. The number of nitrogens with zero attached hydrogens (tertiary/aromatic N) is 2. The first kappa shape index (κ1) is 19.4. The number of rotatable bonds is 6. The van der Waals surface area contributed by atoms with Gasteiger partial charge in [0.15, 0.2) is 0 Å². The Morgan fingerprint density at radius 1 is 1.00 bits per heavy atom. The van der Waals surface area contributed by atoms with Gasteiger partial charge in [-0.25, -0.2) is 5.43 Å². The second kappa shape index (κ2) is 9.05. The molecule has 6 nitrogen and oxygen atoms in total. The number of benzene rings is 3. The topological polar surface area (TPSA) is 84.6 Å². The first-order chi connectivity index (χ1) is 13.6. The molecule has 0 aromatic heterocycles. The average molecular weight is 438 g/mol. The summed E-state index contributed by atoms with van der Waals surface area (Å²) in [5.41, 5.74) is 4.87. The van der Waals surface area contributed by atoms with Gasteiger partial charge in [0.05, 0.1) is 17.1 Å². The first-order valence-corrected chi connectivity index (χ1v) is 9.22. The summed E-state index contributed by atoms with van der Waals surface area (Å²) >= 11 is 3.28. The molecule has 0 aliphatic carbocycles. The Kier molecular flexibility index (Phi) is 6.29. The van der Waals surface area contributed by atoms with Crippen LogP contribution in [0.3, 0.4) is 0 Å². The highest BCUT2D eigenvalue weighted by molar-refractivity contribution is 9.10. The van der Waals surface area contributed by atoms with Gasteiger partial charge in [0.1, 0.15) is 0 Å². The average Bonchev–Trinajstić information content (AvgIpc) is 2.71. The molecule has 0 fully saturated rings. The highest BCUT2D eigenvalue weighted by Crippen LogP contribution is 2.25. The Bertz CT molecular complexity index is 968. The Labute approximate surface area is 170 Å². The van der Waals surface area contributed by atoms with Crippen LogP contribution >= 0.6 is 15.9 Å². The van der Waals surface area contributed by atoms with Crippen LogP contribution in [0.5, 0.6) is 0 Å². The maximum Gasteiger partial charge on any atom is 0.270 e. The maximum atomic E-state index is 12.8. The van der Waals surface area contributed by atoms with Gasteiger partial charge < -0.3 is 0 Å². The van der Waals surface area contributed by atoms with Gasteiger partial charge in [-0.05, 0) is 33.1 Å². The Hall–Kier alpha value is -3.32. The van der Waals surface area contributed by atoms with Crippen molar-refractivity contribution in [2.75, 3.05) is 0 Å². The van der Waals surface area contributed by atoms with E-state index < -0.39 is 10.8 Å². The molecule has 0 radical (unpaired) electrons. The molecule has 0 aliphatic heterocycles. The number of nitro groups is 1. The predicted octanol–water partition coefficient (Wildman–Crippen LogP) is 4.64. The third kappa shape index (κ3) is 4.69. The molecule has 3 aromatic carbocycles. The molecule has 28 heavy (non-hydrogen) atoms. The quantitative estimate of drug-likeness (QED) is 0.346. The summed E-state index contributed by atoms with van der Waals surface area (Å²) < 4.78 is 0.516. The van der Waals surface area contributed by atoms with E-state index in [0.29, 0.717) is 10.0 Å². The van der Waals surface area contributed by atoms with Gasteiger partial charge in [-0.1, -0.05) is 60.7 Å². The van der Waals surface area contributed by atoms with E-state index >= 15 is 0 Å². The number of non-ortho nitro benzene ring substituents is 1. The molecular weight excluding hydrogens is 422 g/mol. The zero-order valence-electron chi connectivity index (χ0n) is 14.7. The molecule has 1 amide bonds. The fourth-order valence-electron chi connectivity index (χ4n) is 2.75. The molecule has 0 bridgehead atoms. The molecule has 140 valence electrons. The Morgan fingerprint density at radius 2 is 1.57 bits per heavy atom. The maximum absolute atomic E-state index is 12.8. The minimum Gasteiger partial charge on any atom is -0.272 e. The molecule has 3 rings (SSSR count). The van der Waals surface area contributed by atoms with Crippen molar-refractivity contribution < 1.29 is 9.72 Å². The molecule has 0 saturated carbocycles. The number of carbonyl (C=O) groups is 1. The molecule has 1 N–H and O–H groups in total. The summed E-state index contributed by atoms with van der Waals surface area (Å²) in [4.78, 5) is 23.2. The highest BCUT2D eigenvalue weighted by atomic mass is 79.9. The summed E-state index contributed by atoms with van der Waals surface area (Å²) in [5.74, 6) is -0.772. The molecule has 0 heterocycles. The lowest BCUT2D eigenvalue weighted by molar-refractivity contribution is -0.384. The third-order valence-corrected chi connectivity index (χ3v) is 4.79. The summed E-state index contributed by atoms with van der Waals surface area (Å²) in [5, 5.41) is 14.8. The molecule has 3 aromatic rings. The Morgan fingerprint density at radius 3 is 2.07 bits per heavy atom. The minimum atomic E-state index is -0.500. The van der Waals surface area contributed by atoms with Gasteiger partial charge in [0.2, 0.25) is 0 Å². The van der Waals surface area contributed by atoms with Crippen LogP contribution in [0.4, 0.5) is 5.69 Å². The molecule has 0 atom stereocenters. The first-order valence-electron chi connectivity index (χ1n) is 8.43. The number of halogens is 1. The lowest BCUT2D eigenvalue weighted by Crippen LogP contribution is -2.26. The number of amides is 1. The zero-order chi connectivity index (χ0) is 19.9. The van der Waals surface area contributed by atoms with Crippen LogP contribution in [0.25, 0.3) is 0 Å². The second-order valence-corrected chi connectivity index (χ2v) is 6.81. The van der Waals surface area contributed by atoms with Gasteiger partial charge in [-0.2, -0.15) is 5.10 Å². The molecular formula is C21H16BrN3O3. The molecule has 7 heteroatoms. The van der Waals surface area contributed by atoms with E-state index in [4.69, 9.17) is 0 Å². The fourth-order valence-corrected chi connectivity index (χ4v) is 3.22. The van der Waals surface area contributed by atoms with Crippen LogP contribution in [-0.2, 0) is 4.79 Å². The fraction of sp³-hybridized carbons (Fsp3) is 0.0476. The largest absolute Gasteiger partial charge is 0.272 e. The van der Waals surface area contributed by atoms with Crippen molar-refractivity contribution in [1.29, 1.82) is 0 Å². The monoisotopic (exact) mass is 437 g/mol. The Balaban J connectivity index is 1.79. The number of carbonyl (C=O) groups excluding carboxylic acids is 1. The van der Waals surface area contributed by atoms with Crippen LogP contribution in [0, 0.1) is 10.1 Å². The van der Waals surface area contributed by atoms with Crippen LogP contribution in [0.15, 0.2) is 88.4 Å². The van der Waals surface area contributed by atoms with E-state index in [9.17, 15) is 14.9 Å². The number of hydrogen-bond acceptors (Lipinski definition) is 4. The third-order valence-electron chi connectivity index (χ3n) is 4.10. The van der Waals surface area contributed by atoms with Crippen LogP contribution in [0.2, 0.25) is 0 Å². The van der Waals surface area contributed by atoms with Gasteiger partial charge >= 0.3 is 0 Å². The van der Waals surface area contributed by atoms with Crippen molar-refractivity contribution in [3.63, 3.8) is 0 Å². The standard InChI is InChI=1S/C21H16BrN3O3/c22-19-13-18(25(27)28)12-11-17(19)14-23-24-21(26)20(15-7-3-1-4-8-15)16-9-5-2-6-10-16/h1-14,20H,(H,24,26)/b23-14-. The number of nitrogens with one attached hydrogen (secondary N) is 1. The van der Waals surface area contributed by atoms with E-state index in [1.54, 1.807) is 6.07 Å². The summed E-state index contributed by atoms with van der Waals surface area (Å²) in [6, 6.07) is 23.2. The van der Waals surface area contributed by atoms with Crippen LogP contribution < -0.4 is 5.43 Å². The van der Waals surface area contributed by atoms with E-state index in [-0.39, 0.29) is 11.6 Å². The lowest BCUT2D eigenvalue weighted by atomic mass is 9.91. The van der Waals surface area contributed by atoms with Crippen molar-refractivity contribution in [3.05, 3.63) is 110 Å². The second-order valence-electron chi connectivity index (χ2n) is 5.95. The minimum absolute atomic E-state index is 0.0266. The van der Waals surface area contributed by atoms with Crippen LogP contribution in [-0.4, -0.2) is 17.0 Å². The number of hydrogen-bond donors (Lipinski definition) is 1. The molecule has 0 aliphatic rings. The van der Waals surface area contributed by atoms with Crippen molar-refractivity contribution in [2.45, 2.75) is 5.92 Å². The number of nitro benzene ring substituents is 1. The molecule has 0 saturated heterocycles. The van der Waals surface area contributed by atoms with E-state index in [2.05, 4.69) is 26.5 Å². The molecule has 0 unspecified atom stereocenters. The van der Waals surface area contributed by atoms with Crippen molar-refractivity contribution in [1.82, 2.24) is 5.43 Å². The van der Waals surface area contributed by atoms with Crippen molar-refractivity contribution >= 4 is 33.7 Å². The van der Waals surface area contributed by atoms with Gasteiger partial charge in [0.25, 0.3) is 11.6 Å². The van der Waals surface area contributed by atoms with Gasteiger partial charge in [0, 0.05) is 22.2 Å². The highest BCUT2D eigenvalue weighted by Gasteiger charge is 2.22. The summed E-state index contributed by atoms with van der Waals surface area (Å²) in [6.07, 6.45) is 1.44. The van der Waals surface area contributed by atoms with E-state index in [1.807, 2.05) is 60.7 Å². The van der Waals surface area contributed by atoms with Crippen molar-refractivity contribution in [3.8, 4) is 0 Å². The number of hydrazone groups is 1. The predicted molar refractivity (Wildman–Crippen MR) is 111 cm³/mol. The summed E-state index contributed by atoms with van der Waals surface area (Å²) in [6.45, 7) is 0. The zero-order valence-corrected chi connectivity index (χ0v) is 16.2. The van der Waals surface area contributed by atoms with Crippen LogP contribution in [0.1, 0.15) is 22.6 Å². The smallest absolute Gasteiger partial charge is 0.270 e. The van der Waals surface area contributed by atoms with Crippen molar-refractivity contribution in [2.24, 2.45) is 5.10 Å². The van der Waals surface area contributed by atoms with Gasteiger partial charge in [-0.3, -0.25) is 14.9 Å². The van der Waals surface area contributed by atoms with E-state index in [0.717, 1.165) is 11.1 Å². The van der Waals surface area contributed by atoms with Gasteiger partial charge in [-0.15, -0.1) is 0 Å². The molecule has 0 spiro atoms. The van der Waals surface area contributed by atoms with E-state index in [1.165, 1.54) is 18.3 Å². The SMILES string of the molecule is O=C(N/N=C\c1ccc([N+](=O)[O-])cc1Br)C(c1ccccc1)c1ccccc1.